The van der Waals surface area contributed by atoms with Crippen LogP contribution in [0.15, 0.2) is 18.2 Å². The van der Waals surface area contributed by atoms with Crippen LogP contribution in [0.4, 0.5) is 19.8 Å². The number of pyridine rings is 1. The Hall–Kier alpha value is -4.33. The molecular formula is C35H43ClFN5O8. The highest BCUT2D eigenvalue weighted by Crippen LogP contribution is 2.47. The predicted octanol–water partition coefficient (Wildman–Crippen LogP) is 5.51. The average molecular weight is 716 g/mol. The maximum atomic E-state index is 15.9. The molecule has 15 heteroatoms. The highest BCUT2D eigenvalue weighted by Gasteiger charge is 2.45. The SMILES string of the molecule is C[C@H]1CN2C(=O)CCC2CN1c1nc(-c2c(F)cccc2OC(=O)OC(C)(C)C)c(Cl)c2c1C(=O)N1CCN(C(=O)OC(C)(C)C)C[C@@H]1CO2. The van der Waals surface area contributed by atoms with E-state index in [0.29, 0.717) is 25.9 Å². The molecule has 1 unspecified atom stereocenters. The fraction of sp³-hybridized carbons (Fsp3) is 0.571. The van der Waals surface area contributed by atoms with Gasteiger partial charge in [0.1, 0.15) is 51.5 Å². The number of hydrogen-bond donors (Lipinski definition) is 0. The molecule has 0 spiro atoms. The fourth-order valence-electron chi connectivity index (χ4n) is 6.81. The number of amides is 3. The van der Waals surface area contributed by atoms with Crippen LogP contribution in [0.5, 0.6) is 11.5 Å². The van der Waals surface area contributed by atoms with Crippen molar-refractivity contribution >= 4 is 41.5 Å². The van der Waals surface area contributed by atoms with E-state index in [1.54, 1.807) is 51.3 Å². The molecule has 0 radical (unpaired) electrons. The lowest BCUT2D eigenvalue weighted by molar-refractivity contribution is -0.129. The zero-order chi connectivity index (χ0) is 36.3. The smallest absolute Gasteiger partial charge is 0.489 e. The van der Waals surface area contributed by atoms with Crippen molar-refractivity contribution in [3.63, 3.8) is 0 Å². The van der Waals surface area contributed by atoms with Crippen LogP contribution in [-0.4, -0.2) is 112 Å². The van der Waals surface area contributed by atoms with Gasteiger partial charge in [-0.05, 0) is 67.0 Å². The summed E-state index contributed by atoms with van der Waals surface area (Å²) < 4.78 is 38.6. The van der Waals surface area contributed by atoms with E-state index in [2.05, 4.69) is 0 Å². The molecule has 3 fully saturated rings. The van der Waals surface area contributed by atoms with Gasteiger partial charge in [-0.15, -0.1) is 0 Å². The largest absolute Gasteiger partial charge is 0.514 e. The van der Waals surface area contributed by atoms with Gasteiger partial charge in [0, 0.05) is 51.2 Å². The van der Waals surface area contributed by atoms with Gasteiger partial charge in [-0.2, -0.15) is 0 Å². The van der Waals surface area contributed by atoms with Gasteiger partial charge in [-0.1, -0.05) is 17.7 Å². The van der Waals surface area contributed by atoms with Crippen LogP contribution in [0.2, 0.25) is 5.02 Å². The Morgan fingerprint density at radius 2 is 1.66 bits per heavy atom. The topological polar surface area (TPSA) is 131 Å². The zero-order valence-corrected chi connectivity index (χ0v) is 30.1. The second-order valence-corrected chi connectivity index (χ2v) is 15.5. The number of rotatable bonds is 3. The van der Waals surface area contributed by atoms with Crippen molar-refractivity contribution in [2.24, 2.45) is 0 Å². The summed E-state index contributed by atoms with van der Waals surface area (Å²) in [5.74, 6) is -1.10. The third-order valence-electron chi connectivity index (χ3n) is 9.02. The van der Waals surface area contributed by atoms with Crippen molar-refractivity contribution in [2.45, 2.75) is 90.6 Å². The number of aromatic nitrogens is 1. The Bertz CT molecular complexity index is 1730. The van der Waals surface area contributed by atoms with Crippen molar-refractivity contribution in [1.82, 2.24) is 19.7 Å². The molecule has 13 nitrogen and oxygen atoms in total. The summed E-state index contributed by atoms with van der Waals surface area (Å²) in [5, 5.41) is -0.151. The van der Waals surface area contributed by atoms with Crippen LogP contribution in [0.3, 0.4) is 0 Å². The molecule has 1 aromatic carbocycles. The van der Waals surface area contributed by atoms with Gasteiger partial charge in [0.15, 0.2) is 5.75 Å². The maximum absolute atomic E-state index is 15.9. The third kappa shape index (κ3) is 6.99. The minimum absolute atomic E-state index is 0.00140. The van der Waals surface area contributed by atoms with E-state index >= 15 is 4.39 Å². The number of benzene rings is 1. The van der Waals surface area contributed by atoms with Gasteiger partial charge >= 0.3 is 12.2 Å². The quantitative estimate of drug-likeness (QED) is 0.296. The minimum atomic E-state index is -1.05. The summed E-state index contributed by atoms with van der Waals surface area (Å²) in [4.78, 5) is 64.8. The summed E-state index contributed by atoms with van der Waals surface area (Å²) in [6.45, 7) is 13.6. The number of carbonyl (C=O) groups is 4. The molecule has 0 saturated carbocycles. The Morgan fingerprint density at radius 1 is 0.940 bits per heavy atom. The fourth-order valence-corrected chi connectivity index (χ4v) is 7.10. The van der Waals surface area contributed by atoms with Gasteiger partial charge in [-0.3, -0.25) is 9.59 Å². The molecule has 3 saturated heterocycles. The van der Waals surface area contributed by atoms with Crippen LogP contribution < -0.4 is 14.4 Å². The standard InChI is InChI=1S/C35H43ClFN5O8/c1-19-15-42-20(11-12-24(42)43)17-41(19)30-26-29(47-18-21-16-39(13-14-40(21)31(26)44)32(45)49-34(2,3)4)27(36)28(38-30)25-22(37)9-8-10-23(25)48-33(46)50-35(5,6)7/h8-10,19-21H,11-18H2,1-7H3/t19-,20?,21+/m0/s1. The zero-order valence-electron chi connectivity index (χ0n) is 29.4. The van der Waals surface area contributed by atoms with Crippen LogP contribution in [0, 0.1) is 5.82 Å². The molecule has 50 heavy (non-hydrogen) atoms. The van der Waals surface area contributed by atoms with E-state index in [9.17, 15) is 19.2 Å². The van der Waals surface area contributed by atoms with Gasteiger partial charge < -0.3 is 38.5 Å². The minimum Gasteiger partial charge on any atom is -0.489 e. The Labute approximate surface area is 295 Å². The lowest BCUT2D eigenvalue weighted by Crippen LogP contribution is -2.58. The van der Waals surface area contributed by atoms with E-state index in [4.69, 9.17) is 35.5 Å². The molecule has 0 aliphatic carbocycles. The van der Waals surface area contributed by atoms with Crippen molar-refractivity contribution in [3.8, 4) is 22.8 Å². The van der Waals surface area contributed by atoms with E-state index in [1.807, 2.05) is 16.7 Å². The monoisotopic (exact) mass is 715 g/mol. The van der Waals surface area contributed by atoms with E-state index in [1.165, 1.54) is 18.2 Å². The van der Waals surface area contributed by atoms with Crippen molar-refractivity contribution < 1.29 is 42.5 Å². The average Bonchev–Trinajstić information content (AvgIpc) is 3.29. The first kappa shape index (κ1) is 35.5. The second-order valence-electron chi connectivity index (χ2n) is 15.1. The summed E-state index contributed by atoms with van der Waals surface area (Å²) in [7, 11) is 0. The molecule has 4 aliphatic rings. The Kier molecular flexibility index (Phi) is 9.29. The first-order valence-corrected chi connectivity index (χ1v) is 17.2. The number of anilines is 1. The van der Waals surface area contributed by atoms with Crippen LogP contribution in [0.1, 0.15) is 71.7 Å². The molecule has 270 valence electrons. The van der Waals surface area contributed by atoms with Gasteiger partial charge in [0.05, 0.1) is 11.6 Å². The number of fused-ring (bicyclic) bond motifs is 3. The number of hydrogen-bond acceptors (Lipinski definition) is 10. The Balaban J connectivity index is 1.45. The normalized spacial score (nSPS) is 22.3. The molecule has 1 aromatic heterocycles. The Morgan fingerprint density at radius 3 is 2.36 bits per heavy atom. The number of carbonyl (C=O) groups excluding carboxylic acids is 4. The lowest BCUT2D eigenvalue weighted by atomic mass is 10.0. The molecule has 3 amide bonds. The summed E-state index contributed by atoms with van der Waals surface area (Å²) >= 11 is 7.04. The maximum Gasteiger partial charge on any atom is 0.514 e. The lowest BCUT2D eigenvalue weighted by Gasteiger charge is -2.44. The molecular weight excluding hydrogens is 673 g/mol. The van der Waals surface area contributed by atoms with Crippen molar-refractivity contribution in [2.75, 3.05) is 44.2 Å². The highest BCUT2D eigenvalue weighted by molar-refractivity contribution is 6.35. The molecule has 3 atom stereocenters. The molecule has 4 aliphatic heterocycles. The van der Waals surface area contributed by atoms with Crippen molar-refractivity contribution in [3.05, 3.63) is 34.6 Å². The predicted molar refractivity (Wildman–Crippen MR) is 181 cm³/mol. The van der Waals surface area contributed by atoms with E-state index in [-0.39, 0.29) is 83.4 Å². The number of ether oxygens (including phenoxy) is 4. The molecule has 0 N–H and O–H groups in total. The summed E-state index contributed by atoms with van der Waals surface area (Å²) in [6.07, 6.45) is -0.479. The number of piperazine rings is 2. The molecule has 5 heterocycles. The first-order valence-electron chi connectivity index (χ1n) is 16.8. The van der Waals surface area contributed by atoms with Crippen molar-refractivity contribution in [1.29, 1.82) is 0 Å². The van der Waals surface area contributed by atoms with Gasteiger partial charge in [0.25, 0.3) is 5.91 Å². The van der Waals surface area contributed by atoms with Crippen LogP contribution in [-0.2, 0) is 14.3 Å². The second kappa shape index (κ2) is 13.1. The molecule has 2 aromatic rings. The van der Waals surface area contributed by atoms with Crippen LogP contribution >= 0.6 is 11.6 Å². The molecule has 0 bridgehead atoms. The molecule has 6 rings (SSSR count). The van der Waals surface area contributed by atoms with E-state index in [0.717, 1.165) is 0 Å². The van der Waals surface area contributed by atoms with Crippen LogP contribution in [0.25, 0.3) is 11.3 Å². The summed E-state index contributed by atoms with van der Waals surface area (Å²) in [6, 6.07) is 3.02. The summed E-state index contributed by atoms with van der Waals surface area (Å²) in [5.41, 5.74) is -1.80. The third-order valence-corrected chi connectivity index (χ3v) is 9.38. The van der Waals surface area contributed by atoms with E-state index < -0.39 is 41.2 Å². The highest BCUT2D eigenvalue weighted by atomic mass is 35.5. The van der Waals surface area contributed by atoms with Gasteiger partial charge in [0.2, 0.25) is 5.91 Å². The number of nitrogens with zero attached hydrogens (tertiary/aromatic N) is 5. The first-order chi connectivity index (χ1) is 23.4. The number of halogens is 2. The van der Waals surface area contributed by atoms with Gasteiger partial charge in [-0.25, -0.2) is 19.0 Å².